The normalized spacial score (nSPS) is 25.8. The highest BCUT2D eigenvalue weighted by molar-refractivity contribution is 5.74. The van der Waals surface area contributed by atoms with E-state index in [9.17, 15) is 9.90 Å². The Morgan fingerprint density at radius 1 is 1.00 bits per heavy atom. The van der Waals surface area contributed by atoms with Crippen LogP contribution in [0.3, 0.4) is 0 Å². The van der Waals surface area contributed by atoms with Gasteiger partial charge in [-0.05, 0) is 31.6 Å². The van der Waals surface area contributed by atoms with E-state index in [0.717, 1.165) is 25.7 Å². The van der Waals surface area contributed by atoms with Gasteiger partial charge in [-0.15, -0.1) is 0 Å². The van der Waals surface area contributed by atoms with Crippen molar-refractivity contribution in [3.63, 3.8) is 0 Å². The van der Waals surface area contributed by atoms with Crippen molar-refractivity contribution in [1.29, 1.82) is 0 Å². The lowest BCUT2D eigenvalue weighted by Crippen LogP contribution is -2.47. The Balaban J connectivity index is 1.90. The molecule has 2 rings (SSSR count). The smallest absolute Gasteiger partial charge is 0.320 e. The van der Waals surface area contributed by atoms with Gasteiger partial charge in [-0.25, -0.2) is 0 Å². The van der Waals surface area contributed by atoms with E-state index in [-0.39, 0.29) is 6.04 Å². The Hall–Kier alpha value is -0.570. The van der Waals surface area contributed by atoms with Crippen molar-refractivity contribution in [2.45, 2.75) is 69.9 Å². The van der Waals surface area contributed by atoms with E-state index < -0.39 is 5.97 Å². The molecule has 16 heavy (non-hydrogen) atoms. The largest absolute Gasteiger partial charge is 0.480 e. The van der Waals surface area contributed by atoms with Gasteiger partial charge in [0, 0.05) is 6.04 Å². The summed E-state index contributed by atoms with van der Waals surface area (Å²) in [5, 5.41) is 12.7. The maximum Gasteiger partial charge on any atom is 0.320 e. The van der Waals surface area contributed by atoms with Gasteiger partial charge in [-0.3, -0.25) is 4.79 Å². The van der Waals surface area contributed by atoms with Crippen molar-refractivity contribution in [3.8, 4) is 0 Å². The van der Waals surface area contributed by atoms with Crippen LogP contribution in [0.25, 0.3) is 0 Å². The maximum absolute atomic E-state index is 11.3. The summed E-state index contributed by atoms with van der Waals surface area (Å²) < 4.78 is 0. The highest BCUT2D eigenvalue weighted by atomic mass is 16.4. The lowest BCUT2D eigenvalue weighted by atomic mass is 9.83. The molecule has 0 saturated heterocycles. The fourth-order valence-electron chi connectivity index (χ4n) is 3.22. The molecule has 0 aromatic rings. The SMILES string of the molecule is O=C(O)[C@@H](NC1CCCC1)C1CCCCC1. The summed E-state index contributed by atoms with van der Waals surface area (Å²) in [5.41, 5.74) is 0. The molecule has 1 atom stereocenters. The van der Waals surface area contributed by atoms with Gasteiger partial charge in [0.1, 0.15) is 6.04 Å². The van der Waals surface area contributed by atoms with Crippen LogP contribution in [-0.2, 0) is 4.79 Å². The van der Waals surface area contributed by atoms with E-state index in [1.807, 2.05) is 0 Å². The van der Waals surface area contributed by atoms with Crippen LogP contribution in [0.4, 0.5) is 0 Å². The first kappa shape index (κ1) is 11.9. The summed E-state index contributed by atoms with van der Waals surface area (Å²) in [4.78, 5) is 11.3. The van der Waals surface area contributed by atoms with Crippen LogP contribution in [0.2, 0.25) is 0 Å². The minimum atomic E-state index is -0.640. The highest BCUT2D eigenvalue weighted by Gasteiger charge is 2.31. The molecule has 0 heterocycles. The first-order valence-corrected chi connectivity index (χ1v) is 6.76. The summed E-state index contributed by atoms with van der Waals surface area (Å²) in [6, 6.07) is 0.173. The molecule has 0 unspecified atom stereocenters. The van der Waals surface area contributed by atoms with Gasteiger partial charge >= 0.3 is 5.97 Å². The number of hydrogen-bond acceptors (Lipinski definition) is 2. The first-order chi connectivity index (χ1) is 7.77. The first-order valence-electron chi connectivity index (χ1n) is 6.76. The molecular weight excluding hydrogens is 202 g/mol. The molecule has 0 aliphatic heterocycles. The molecule has 3 heteroatoms. The fourth-order valence-corrected chi connectivity index (χ4v) is 3.22. The Kier molecular flexibility index (Phi) is 4.22. The number of aliphatic carboxylic acids is 1. The molecule has 2 aliphatic carbocycles. The standard InChI is InChI=1S/C13H23NO2/c15-13(16)12(10-6-2-1-3-7-10)14-11-8-4-5-9-11/h10-12,14H,1-9H2,(H,15,16)/t12-/m0/s1. The summed E-state index contributed by atoms with van der Waals surface area (Å²) in [6.07, 6.45) is 10.7. The van der Waals surface area contributed by atoms with Gasteiger partial charge in [0.15, 0.2) is 0 Å². The summed E-state index contributed by atoms with van der Waals surface area (Å²) >= 11 is 0. The second-order valence-corrected chi connectivity index (χ2v) is 5.36. The minimum absolute atomic E-state index is 0.289. The molecule has 3 nitrogen and oxygen atoms in total. The molecule has 0 aromatic carbocycles. The third-order valence-electron chi connectivity index (χ3n) is 4.16. The number of rotatable bonds is 4. The molecule has 0 spiro atoms. The molecular formula is C13H23NO2. The molecule has 2 aliphatic rings. The zero-order valence-electron chi connectivity index (χ0n) is 9.95. The minimum Gasteiger partial charge on any atom is -0.480 e. The Bertz CT molecular complexity index is 230. The zero-order chi connectivity index (χ0) is 11.4. The van der Waals surface area contributed by atoms with Crippen molar-refractivity contribution in [3.05, 3.63) is 0 Å². The van der Waals surface area contributed by atoms with Crippen molar-refractivity contribution in [1.82, 2.24) is 5.32 Å². The number of carbonyl (C=O) groups is 1. The molecule has 2 N–H and O–H groups in total. The van der Waals surface area contributed by atoms with Crippen LogP contribution in [0, 0.1) is 5.92 Å². The highest BCUT2D eigenvalue weighted by Crippen LogP contribution is 2.28. The number of hydrogen-bond donors (Lipinski definition) is 2. The predicted octanol–water partition coefficient (Wildman–Crippen LogP) is 2.55. The number of carboxylic acids is 1. The lowest BCUT2D eigenvalue weighted by molar-refractivity contribution is -0.141. The molecule has 2 saturated carbocycles. The van der Waals surface area contributed by atoms with Crippen LogP contribution in [0.5, 0.6) is 0 Å². The van der Waals surface area contributed by atoms with E-state index in [1.54, 1.807) is 0 Å². The third-order valence-corrected chi connectivity index (χ3v) is 4.16. The van der Waals surface area contributed by atoms with Crippen LogP contribution in [-0.4, -0.2) is 23.2 Å². The van der Waals surface area contributed by atoms with E-state index in [2.05, 4.69) is 5.32 Å². The van der Waals surface area contributed by atoms with E-state index >= 15 is 0 Å². The number of carboxylic acid groups (broad SMARTS) is 1. The average molecular weight is 225 g/mol. The van der Waals surface area contributed by atoms with Crippen LogP contribution in [0.15, 0.2) is 0 Å². The van der Waals surface area contributed by atoms with Gasteiger partial charge < -0.3 is 10.4 Å². The maximum atomic E-state index is 11.3. The predicted molar refractivity (Wildman–Crippen MR) is 63.4 cm³/mol. The summed E-state index contributed by atoms with van der Waals surface area (Å²) in [7, 11) is 0. The molecule has 0 bridgehead atoms. The third kappa shape index (κ3) is 2.97. The fraction of sp³-hybridized carbons (Fsp3) is 0.923. The Morgan fingerprint density at radius 2 is 1.56 bits per heavy atom. The Labute approximate surface area is 97.6 Å². The van der Waals surface area contributed by atoms with Gasteiger partial charge in [-0.1, -0.05) is 32.1 Å². The van der Waals surface area contributed by atoms with Crippen molar-refractivity contribution in [2.75, 3.05) is 0 Å². The molecule has 0 amide bonds. The van der Waals surface area contributed by atoms with Crippen LogP contribution in [0.1, 0.15) is 57.8 Å². The van der Waals surface area contributed by atoms with Crippen molar-refractivity contribution in [2.24, 2.45) is 5.92 Å². The second kappa shape index (κ2) is 5.67. The zero-order valence-corrected chi connectivity index (χ0v) is 9.95. The summed E-state index contributed by atoms with van der Waals surface area (Å²) in [6.45, 7) is 0. The van der Waals surface area contributed by atoms with Crippen molar-refractivity contribution < 1.29 is 9.90 Å². The second-order valence-electron chi connectivity index (χ2n) is 5.36. The Morgan fingerprint density at radius 3 is 2.12 bits per heavy atom. The van der Waals surface area contributed by atoms with E-state index in [1.165, 1.54) is 32.1 Å². The summed E-state index contributed by atoms with van der Waals surface area (Å²) in [5.74, 6) is -0.273. The molecule has 0 aromatic heterocycles. The number of nitrogens with one attached hydrogen (secondary N) is 1. The molecule has 92 valence electrons. The lowest BCUT2D eigenvalue weighted by Gasteiger charge is -2.30. The van der Waals surface area contributed by atoms with Crippen LogP contribution >= 0.6 is 0 Å². The topological polar surface area (TPSA) is 49.3 Å². The van der Waals surface area contributed by atoms with E-state index in [0.29, 0.717) is 12.0 Å². The molecule has 2 fully saturated rings. The van der Waals surface area contributed by atoms with Gasteiger partial charge in [-0.2, -0.15) is 0 Å². The van der Waals surface area contributed by atoms with E-state index in [4.69, 9.17) is 0 Å². The van der Waals surface area contributed by atoms with Gasteiger partial charge in [0.05, 0.1) is 0 Å². The van der Waals surface area contributed by atoms with Gasteiger partial charge in [0.25, 0.3) is 0 Å². The molecule has 0 radical (unpaired) electrons. The van der Waals surface area contributed by atoms with Crippen molar-refractivity contribution >= 4 is 5.97 Å². The average Bonchev–Trinajstić information content (AvgIpc) is 2.79. The van der Waals surface area contributed by atoms with Crippen LogP contribution < -0.4 is 5.32 Å². The quantitative estimate of drug-likeness (QED) is 0.773. The monoisotopic (exact) mass is 225 g/mol. The van der Waals surface area contributed by atoms with Gasteiger partial charge in [0.2, 0.25) is 0 Å².